The molecule has 1 heterocycles. The van der Waals surface area contributed by atoms with Crippen molar-refractivity contribution in [2.45, 2.75) is 51.6 Å². The number of amides is 1. The van der Waals surface area contributed by atoms with Crippen LogP contribution in [0.3, 0.4) is 0 Å². The predicted molar refractivity (Wildman–Crippen MR) is 103 cm³/mol. The first kappa shape index (κ1) is 18.1. The summed E-state index contributed by atoms with van der Waals surface area (Å²) in [6.45, 7) is 10.1. The van der Waals surface area contributed by atoms with E-state index in [-0.39, 0.29) is 11.9 Å². The van der Waals surface area contributed by atoms with Crippen molar-refractivity contribution < 1.29 is 9.69 Å². The molecule has 3 rings (SSSR count). The summed E-state index contributed by atoms with van der Waals surface area (Å²) < 4.78 is 0. The molecule has 1 aliphatic heterocycles. The van der Waals surface area contributed by atoms with Crippen LogP contribution in [0, 0.1) is 0 Å². The Morgan fingerprint density at radius 1 is 1.20 bits per heavy atom. The minimum atomic E-state index is -0.205. The molecule has 1 amide bonds. The molecule has 1 saturated carbocycles. The highest BCUT2D eigenvalue weighted by Gasteiger charge is 2.21. The van der Waals surface area contributed by atoms with Crippen molar-refractivity contribution >= 4 is 17.3 Å². The molecule has 2 fully saturated rings. The lowest BCUT2D eigenvalue weighted by Crippen LogP contribution is -3.14. The zero-order chi connectivity index (χ0) is 17.6. The van der Waals surface area contributed by atoms with E-state index in [1.54, 1.807) is 4.90 Å². The first-order valence-corrected chi connectivity index (χ1v) is 9.91. The Bertz CT molecular complexity index is 545. The summed E-state index contributed by atoms with van der Waals surface area (Å²) >= 11 is 0. The lowest BCUT2D eigenvalue weighted by Gasteiger charge is -2.33. The van der Waals surface area contributed by atoms with Crippen molar-refractivity contribution in [1.82, 2.24) is 5.32 Å². The molecule has 5 heteroatoms. The van der Waals surface area contributed by atoms with E-state index in [1.165, 1.54) is 38.2 Å². The van der Waals surface area contributed by atoms with E-state index in [9.17, 15) is 4.79 Å². The van der Waals surface area contributed by atoms with Crippen LogP contribution in [0.25, 0.3) is 0 Å². The molecule has 0 bridgehead atoms. The molecule has 0 spiro atoms. The van der Waals surface area contributed by atoms with Crippen LogP contribution in [0.5, 0.6) is 0 Å². The van der Waals surface area contributed by atoms with Gasteiger partial charge in [0.15, 0.2) is 0 Å². The second-order valence-electron chi connectivity index (χ2n) is 7.49. The van der Waals surface area contributed by atoms with Crippen LogP contribution in [0.1, 0.15) is 39.5 Å². The molecule has 138 valence electrons. The summed E-state index contributed by atoms with van der Waals surface area (Å²) in [4.78, 5) is 16.4. The van der Waals surface area contributed by atoms with E-state index >= 15 is 0 Å². The van der Waals surface area contributed by atoms with Crippen LogP contribution in [0.15, 0.2) is 24.3 Å². The highest BCUT2D eigenvalue weighted by molar-refractivity contribution is 5.84. The second kappa shape index (κ2) is 8.56. The third-order valence-electron chi connectivity index (χ3n) is 5.68. The van der Waals surface area contributed by atoms with Gasteiger partial charge in [-0.15, -0.1) is 0 Å². The van der Waals surface area contributed by atoms with Gasteiger partial charge in [0.25, 0.3) is 0 Å². The first-order valence-electron chi connectivity index (χ1n) is 9.91. The molecule has 0 aromatic heterocycles. The Morgan fingerprint density at radius 2 is 1.84 bits per heavy atom. The van der Waals surface area contributed by atoms with Crippen molar-refractivity contribution in [3.63, 3.8) is 0 Å². The summed E-state index contributed by atoms with van der Waals surface area (Å²) in [7, 11) is 0. The molecular weight excluding hydrogens is 312 g/mol. The van der Waals surface area contributed by atoms with Gasteiger partial charge < -0.3 is 20.4 Å². The number of nitrogens with one attached hydrogen (secondary N) is 3. The fraction of sp³-hybridized carbons (Fsp3) is 0.650. The quantitative estimate of drug-likeness (QED) is 0.728. The lowest BCUT2D eigenvalue weighted by atomic mass is 10.2. The maximum Gasteiger partial charge on any atom is 0.242 e. The topological polar surface area (TPSA) is 48.8 Å². The van der Waals surface area contributed by atoms with Gasteiger partial charge in [0.2, 0.25) is 5.91 Å². The van der Waals surface area contributed by atoms with Crippen LogP contribution < -0.4 is 20.4 Å². The Morgan fingerprint density at radius 3 is 2.44 bits per heavy atom. The molecule has 25 heavy (non-hydrogen) atoms. The summed E-state index contributed by atoms with van der Waals surface area (Å²) in [6, 6.07) is 8.69. The van der Waals surface area contributed by atoms with Crippen molar-refractivity contribution in [3.05, 3.63) is 24.3 Å². The van der Waals surface area contributed by atoms with E-state index in [4.69, 9.17) is 0 Å². The zero-order valence-corrected chi connectivity index (χ0v) is 15.7. The summed E-state index contributed by atoms with van der Waals surface area (Å²) in [5.41, 5.74) is 2.29. The summed E-state index contributed by atoms with van der Waals surface area (Å²) in [6.07, 6.45) is 4.73. The SMILES string of the molecule is CC[NH+]1CCN(c2ccc(N[C@@H](C)C(=O)NC3CCCC3)cc2)CC1. The van der Waals surface area contributed by atoms with Crippen molar-refractivity contribution in [2.75, 3.05) is 42.9 Å². The average molecular weight is 346 g/mol. The van der Waals surface area contributed by atoms with Gasteiger partial charge in [-0.3, -0.25) is 4.79 Å². The van der Waals surface area contributed by atoms with Gasteiger partial charge in [0, 0.05) is 17.4 Å². The number of likely N-dealkylation sites (N-methyl/N-ethyl adjacent to an activating group) is 1. The molecule has 3 N–H and O–H groups in total. The van der Waals surface area contributed by atoms with Crippen LogP contribution in [0.4, 0.5) is 11.4 Å². The molecule has 5 nitrogen and oxygen atoms in total. The Kier molecular flexibility index (Phi) is 6.19. The van der Waals surface area contributed by atoms with E-state index in [0.717, 1.165) is 31.6 Å². The Balaban J connectivity index is 1.49. The van der Waals surface area contributed by atoms with Gasteiger partial charge in [0.05, 0.1) is 32.7 Å². The molecule has 0 unspecified atom stereocenters. The first-order chi connectivity index (χ1) is 12.2. The number of piperazine rings is 1. The van der Waals surface area contributed by atoms with Gasteiger partial charge in [-0.25, -0.2) is 0 Å². The number of carbonyl (C=O) groups excluding carboxylic acids is 1. The maximum absolute atomic E-state index is 12.3. The van der Waals surface area contributed by atoms with Crippen LogP contribution in [-0.2, 0) is 4.79 Å². The molecule has 1 atom stereocenters. The number of hydrogen-bond acceptors (Lipinski definition) is 3. The van der Waals surface area contributed by atoms with Crippen LogP contribution >= 0.6 is 0 Å². The standard InChI is InChI=1S/C20H32N4O/c1-3-23-12-14-24(15-13-23)19-10-8-18(9-11-19)21-16(2)20(25)22-17-6-4-5-7-17/h8-11,16-17,21H,3-7,12-15H2,1-2H3,(H,22,25)/p+1/t16-/m0/s1. The van der Waals surface area contributed by atoms with Crippen molar-refractivity contribution in [2.24, 2.45) is 0 Å². The number of nitrogens with zero attached hydrogens (tertiary/aromatic N) is 1. The zero-order valence-electron chi connectivity index (χ0n) is 15.7. The molecule has 0 radical (unpaired) electrons. The number of anilines is 2. The predicted octanol–water partition coefficient (Wildman–Crippen LogP) is 1.27. The fourth-order valence-corrected chi connectivity index (χ4v) is 3.92. The fourth-order valence-electron chi connectivity index (χ4n) is 3.92. The average Bonchev–Trinajstić information content (AvgIpc) is 3.15. The minimum absolute atomic E-state index is 0.106. The number of hydrogen-bond donors (Lipinski definition) is 3. The van der Waals surface area contributed by atoms with Gasteiger partial charge in [0.1, 0.15) is 6.04 Å². The Hall–Kier alpha value is -1.75. The molecule has 2 aliphatic rings. The minimum Gasteiger partial charge on any atom is -0.374 e. The van der Waals surface area contributed by atoms with Gasteiger partial charge in [-0.1, -0.05) is 12.8 Å². The highest BCUT2D eigenvalue weighted by Crippen LogP contribution is 2.20. The second-order valence-corrected chi connectivity index (χ2v) is 7.49. The van der Waals surface area contributed by atoms with E-state index in [1.807, 2.05) is 6.92 Å². The molecule has 1 saturated heterocycles. The molecule has 1 aromatic rings. The number of rotatable bonds is 6. The van der Waals surface area contributed by atoms with Gasteiger partial charge in [-0.05, 0) is 51.0 Å². The monoisotopic (exact) mass is 345 g/mol. The van der Waals surface area contributed by atoms with Gasteiger partial charge >= 0.3 is 0 Å². The normalized spacial score (nSPS) is 20.5. The van der Waals surface area contributed by atoms with Gasteiger partial charge in [-0.2, -0.15) is 0 Å². The third-order valence-corrected chi connectivity index (χ3v) is 5.68. The molecule has 1 aliphatic carbocycles. The number of benzene rings is 1. The highest BCUT2D eigenvalue weighted by atomic mass is 16.2. The molecule has 1 aromatic carbocycles. The summed E-state index contributed by atoms with van der Waals surface area (Å²) in [5, 5.41) is 6.49. The van der Waals surface area contributed by atoms with Crippen LogP contribution in [-0.4, -0.2) is 50.7 Å². The number of carbonyl (C=O) groups is 1. The van der Waals surface area contributed by atoms with Crippen LogP contribution in [0.2, 0.25) is 0 Å². The number of quaternary nitrogens is 1. The molecular formula is C20H33N4O+. The largest absolute Gasteiger partial charge is 0.374 e. The van der Waals surface area contributed by atoms with E-state index < -0.39 is 0 Å². The van der Waals surface area contributed by atoms with E-state index in [0.29, 0.717) is 6.04 Å². The smallest absolute Gasteiger partial charge is 0.242 e. The van der Waals surface area contributed by atoms with Crippen molar-refractivity contribution in [1.29, 1.82) is 0 Å². The van der Waals surface area contributed by atoms with Crippen molar-refractivity contribution in [3.8, 4) is 0 Å². The van der Waals surface area contributed by atoms with E-state index in [2.05, 4.69) is 46.7 Å². The third kappa shape index (κ3) is 4.88. The summed E-state index contributed by atoms with van der Waals surface area (Å²) in [5.74, 6) is 0.106. The Labute approximate surface area is 151 Å². The maximum atomic E-state index is 12.3. The lowest BCUT2D eigenvalue weighted by molar-refractivity contribution is -0.898.